The van der Waals surface area contributed by atoms with E-state index in [0.29, 0.717) is 24.0 Å². The van der Waals surface area contributed by atoms with Gasteiger partial charge in [0, 0.05) is 12.0 Å². The van der Waals surface area contributed by atoms with Crippen LogP contribution in [0.2, 0.25) is 0 Å². The SMILES string of the molecule is CC1=C(c2ccc(F)c(F)c2)C(=O)CC1. The first kappa shape index (κ1) is 10.0. The van der Waals surface area contributed by atoms with E-state index in [1.807, 2.05) is 6.92 Å². The predicted octanol–water partition coefficient (Wildman–Crippen LogP) is 3.10. The minimum atomic E-state index is -0.910. The zero-order valence-electron chi connectivity index (χ0n) is 8.31. The fraction of sp³-hybridized carbons (Fsp3) is 0.250. The highest BCUT2D eigenvalue weighted by Crippen LogP contribution is 2.31. The maximum Gasteiger partial charge on any atom is 0.163 e. The van der Waals surface area contributed by atoms with Crippen LogP contribution in [-0.2, 0) is 4.79 Å². The molecular formula is C12H10F2O. The molecule has 0 aromatic heterocycles. The van der Waals surface area contributed by atoms with Gasteiger partial charge in [-0.15, -0.1) is 0 Å². The van der Waals surface area contributed by atoms with Crippen molar-refractivity contribution in [3.8, 4) is 0 Å². The van der Waals surface area contributed by atoms with Gasteiger partial charge in [0.2, 0.25) is 0 Å². The fourth-order valence-electron chi connectivity index (χ4n) is 1.85. The summed E-state index contributed by atoms with van der Waals surface area (Å²) >= 11 is 0. The zero-order valence-corrected chi connectivity index (χ0v) is 8.31. The average Bonchev–Trinajstić information content (AvgIpc) is 2.52. The normalized spacial score (nSPS) is 16.3. The van der Waals surface area contributed by atoms with Gasteiger partial charge in [-0.1, -0.05) is 11.6 Å². The van der Waals surface area contributed by atoms with Crippen LogP contribution in [0.15, 0.2) is 23.8 Å². The monoisotopic (exact) mass is 208 g/mol. The van der Waals surface area contributed by atoms with Gasteiger partial charge in [-0.2, -0.15) is 0 Å². The van der Waals surface area contributed by atoms with E-state index in [1.165, 1.54) is 6.07 Å². The maximum atomic E-state index is 13.0. The van der Waals surface area contributed by atoms with Crippen LogP contribution in [0.25, 0.3) is 5.57 Å². The van der Waals surface area contributed by atoms with E-state index in [9.17, 15) is 13.6 Å². The van der Waals surface area contributed by atoms with Crippen LogP contribution in [0.4, 0.5) is 8.78 Å². The van der Waals surface area contributed by atoms with Crippen molar-refractivity contribution in [2.45, 2.75) is 19.8 Å². The van der Waals surface area contributed by atoms with Crippen molar-refractivity contribution < 1.29 is 13.6 Å². The summed E-state index contributed by atoms with van der Waals surface area (Å²) in [6.07, 6.45) is 1.19. The molecule has 15 heavy (non-hydrogen) atoms. The van der Waals surface area contributed by atoms with E-state index in [4.69, 9.17) is 0 Å². The number of benzene rings is 1. The molecule has 1 aliphatic rings. The van der Waals surface area contributed by atoms with Gasteiger partial charge in [-0.05, 0) is 31.0 Å². The Labute approximate surface area is 86.4 Å². The molecule has 0 spiro atoms. The van der Waals surface area contributed by atoms with Crippen molar-refractivity contribution in [3.63, 3.8) is 0 Å². The fourth-order valence-corrected chi connectivity index (χ4v) is 1.85. The minimum Gasteiger partial charge on any atom is -0.294 e. The van der Waals surface area contributed by atoms with Crippen molar-refractivity contribution >= 4 is 11.4 Å². The number of allylic oxidation sites excluding steroid dienone is 2. The first-order valence-electron chi connectivity index (χ1n) is 4.78. The van der Waals surface area contributed by atoms with Gasteiger partial charge >= 0.3 is 0 Å². The highest BCUT2D eigenvalue weighted by Gasteiger charge is 2.22. The molecule has 0 amide bonds. The molecule has 0 fully saturated rings. The molecule has 1 aromatic rings. The molecule has 0 bridgehead atoms. The van der Waals surface area contributed by atoms with Crippen LogP contribution >= 0.6 is 0 Å². The highest BCUT2D eigenvalue weighted by atomic mass is 19.2. The lowest BCUT2D eigenvalue weighted by atomic mass is 10.0. The Bertz CT molecular complexity index is 461. The molecule has 2 rings (SSSR count). The number of ketones is 1. The molecule has 3 heteroatoms. The predicted molar refractivity (Wildman–Crippen MR) is 53.2 cm³/mol. The third kappa shape index (κ3) is 1.69. The summed E-state index contributed by atoms with van der Waals surface area (Å²) in [6, 6.07) is 3.58. The second-order valence-electron chi connectivity index (χ2n) is 3.71. The number of hydrogen-bond acceptors (Lipinski definition) is 1. The molecule has 0 heterocycles. The van der Waals surface area contributed by atoms with E-state index < -0.39 is 11.6 Å². The zero-order chi connectivity index (χ0) is 11.0. The van der Waals surface area contributed by atoms with Crippen LogP contribution in [0.3, 0.4) is 0 Å². The van der Waals surface area contributed by atoms with E-state index in [1.54, 1.807) is 0 Å². The Morgan fingerprint density at radius 3 is 2.40 bits per heavy atom. The third-order valence-electron chi connectivity index (χ3n) is 2.64. The molecule has 0 atom stereocenters. The summed E-state index contributed by atoms with van der Waals surface area (Å²) in [5.74, 6) is -1.78. The molecule has 1 aliphatic carbocycles. The van der Waals surface area contributed by atoms with E-state index in [-0.39, 0.29) is 5.78 Å². The Morgan fingerprint density at radius 1 is 1.13 bits per heavy atom. The average molecular weight is 208 g/mol. The molecule has 0 saturated heterocycles. The molecule has 78 valence electrons. The summed E-state index contributed by atoms with van der Waals surface area (Å²) < 4.78 is 25.7. The number of Topliss-reactive ketones (excluding diaryl/α,β-unsaturated/α-hetero) is 1. The Kier molecular flexibility index (Phi) is 2.39. The van der Waals surface area contributed by atoms with E-state index in [2.05, 4.69) is 0 Å². The lowest BCUT2D eigenvalue weighted by Gasteiger charge is -2.03. The van der Waals surface area contributed by atoms with Crippen LogP contribution in [0.1, 0.15) is 25.3 Å². The second-order valence-corrected chi connectivity index (χ2v) is 3.71. The number of carbonyl (C=O) groups is 1. The lowest BCUT2D eigenvalue weighted by Crippen LogP contribution is -1.97. The van der Waals surface area contributed by atoms with Gasteiger partial charge in [0.15, 0.2) is 17.4 Å². The van der Waals surface area contributed by atoms with Gasteiger partial charge in [0.1, 0.15) is 0 Å². The number of halogens is 2. The maximum absolute atomic E-state index is 13.0. The smallest absolute Gasteiger partial charge is 0.163 e. The molecule has 0 unspecified atom stereocenters. The van der Waals surface area contributed by atoms with Crippen molar-refractivity contribution in [2.24, 2.45) is 0 Å². The lowest BCUT2D eigenvalue weighted by molar-refractivity contribution is -0.113. The van der Waals surface area contributed by atoms with Gasteiger partial charge < -0.3 is 0 Å². The summed E-state index contributed by atoms with van der Waals surface area (Å²) in [7, 11) is 0. The van der Waals surface area contributed by atoms with Crippen LogP contribution < -0.4 is 0 Å². The van der Waals surface area contributed by atoms with Gasteiger partial charge in [-0.3, -0.25) is 4.79 Å². The van der Waals surface area contributed by atoms with E-state index >= 15 is 0 Å². The number of rotatable bonds is 1. The van der Waals surface area contributed by atoms with Crippen LogP contribution in [0.5, 0.6) is 0 Å². The second kappa shape index (κ2) is 3.57. The molecule has 0 aliphatic heterocycles. The Morgan fingerprint density at radius 2 is 1.87 bits per heavy atom. The minimum absolute atomic E-state index is 0.0125. The molecule has 1 nitrogen and oxygen atoms in total. The van der Waals surface area contributed by atoms with Crippen molar-refractivity contribution in [3.05, 3.63) is 41.0 Å². The molecule has 1 aromatic carbocycles. The summed E-state index contributed by atoms with van der Waals surface area (Å²) in [5.41, 5.74) is 1.98. The Balaban J connectivity index is 2.50. The molecule has 0 N–H and O–H groups in total. The van der Waals surface area contributed by atoms with Crippen LogP contribution in [0, 0.1) is 11.6 Å². The summed E-state index contributed by atoms with van der Waals surface area (Å²) in [5, 5.41) is 0. The van der Waals surface area contributed by atoms with Crippen LogP contribution in [-0.4, -0.2) is 5.78 Å². The summed E-state index contributed by atoms with van der Waals surface area (Å²) in [6.45, 7) is 1.85. The standard InChI is InChI=1S/C12H10F2O/c1-7-2-5-11(15)12(7)8-3-4-9(13)10(14)6-8/h3-4,6H,2,5H2,1H3. The largest absolute Gasteiger partial charge is 0.294 e. The first-order chi connectivity index (χ1) is 7.09. The quantitative estimate of drug-likeness (QED) is 0.693. The van der Waals surface area contributed by atoms with Crippen molar-refractivity contribution in [2.75, 3.05) is 0 Å². The summed E-state index contributed by atoms with van der Waals surface area (Å²) in [4.78, 5) is 11.5. The highest BCUT2D eigenvalue weighted by molar-refractivity contribution is 6.23. The van der Waals surface area contributed by atoms with Gasteiger partial charge in [0.05, 0.1) is 0 Å². The number of hydrogen-bond donors (Lipinski definition) is 0. The molecule has 0 radical (unpaired) electrons. The molecular weight excluding hydrogens is 198 g/mol. The van der Waals surface area contributed by atoms with Crippen molar-refractivity contribution in [1.29, 1.82) is 0 Å². The third-order valence-corrected chi connectivity index (χ3v) is 2.64. The van der Waals surface area contributed by atoms with Gasteiger partial charge in [-0.25, -0.2) is 8.78 Å². The number of carbonyl (C=O) groups excluding carboxylic acids is 1. The van der Waals surface area contributed by atoms with Gasteiger partial charge in [0.25, 0.3) is 0 Å². The first-order valence-corrected chi connectivity index (χ1v) is 4.78. The molecule has 0 saturated carbocycles. The van der Waals surface area contributed by atoms with E-state index in [0.717, 1.165) is 17.7 Å². The van der Waals surface area contributed by atoms with Crippen molar-refractivity contribution in [1.82, 2.24) is 0 Å². The Hall–Kier alpha value is -1.51. The topological polar surface area (TPSA) is 17.1 Å².